The van der Waals surface area contributed by atoms with Gasteiger partial charge in [-0.25, -0.2) is 0 Å². The van der Waals surface area contributed by atoms with E-state index in [-0.39, 0.29) is 21.7 Å². The lowest BCUT2D eigenvalue weighted by Gasteiger charge is -2.29. The highest BCUT2D eigenvalue weighted by atomic mass is 16.3. The summed E-state index contributed by atoms with van der Waals surface area (Å²) in [5.41, 5.74) is 9.23. The van der Waals surface area contributed by atoms with Gasteiger partial charge in [-0.3, -0.25) is 0 Å². The number of hydrogen-bond acceptors (Lipinski definition) is 3. The highest BCUT2D eigenvalue weighted by molar-refractivity contribution is 5.56. The Balaban J connectivity index is 2.11. The number of phenols is 3. The summed E-state index contributed by atoms with van der Waals surface area (Å²) in [5, 5.41) is 33.8. The van der Waals surface area contributed by atoms with Crippen molar-refractivity contribution in [2.45, 2.75) is 131 Å². The molecule has 0 aromatic heterocycles. The second-order valence-electron chi connectivity index (χ2n) is 16.2. The SMILES string of the molecule is Cc1cc(Cc2cc(C(C)(C)C)c(O)c(C(C)(C)C)c2)c(O)c(C)c1Cc1cc(C(C)(C)C)c(O)c(C(C)(C)C)c1. The smallest absolute Gasteiger partial charge is 0.123 e. The Hall–Kier alpha value is -2.94. The van der Waals surface area contributed by atoms with Crippen LogP contribution < -0.4 is 0 Å². The van der Waals surface area contributed by atoms with E-state index in [0.717, 1.165) is 55.6 Å². The minimum Gasteiger partial charge on any atom is -0.507 e. The van der Waals surface area contributed by atoms with E-state index in [1.165, 1.54) is 0 Å². The van der Waals surface area contributed by atoms with Crippen molar-refractivity contribution in [3.63, 3.8) is 0 Å². The molecule has 3 heteroatoms. The van der Waals surface area contributed by atoms with Crippen molar-refractivity contribution in [3.05, 3.63) is 86.0 Å². The van der Waals surface area contributed by atoms with Crippen LogP contribution in [0.2, 0.25) is 0 Å². The Labute approximate surface area is 249 Å². The van der Waals surface area contributed by atoms with Crippen LogP contribution in [-0.2, 0) is 34.5 Å². The molecule has 0 heterocycles. The second kappa shape index (κ2) is 10.7. The third kappa shape index (κ3) is 6.93. The molecular formula is C38H54O3. The third-order valence-corrected chi connectivity index (χ3v) is 8.33. The highest BCUT2D eigenvalue weighted by Gasteiger charge is 2.28. The summed E-state index contributed by atoms with van der Waals surface area (Å²) < 4.78 is 0. The van der Waals surface area contributed by atoms with Gasteiger partial charge < -0.3 is 15.3 Å². The van der Waals surface area contributed by atoms with Crippen LogP contribution in [-0.4, -0.2) is 15.3 Å². The Morgan fingerprint density at radius 3 is 1.10 bits per heavy atom. The third-order valence-electron chi connectivity index (χ3n) is 8.33. The fraction of sp³-hybridized carbons (Fsp3) is 0.526. The normalized spacial score (nSPS) is 13.1. The lowest BCUT2D eigenvalue weighted by molar-refractivity contribution is 0.422. The number of aryl methyl sites for hydroxylation is 1. The van der Waals surface area contributed by atoms with Crippen LogP contribution in [0, 0.1) is 13.8 Å². The first-order chi connectivity index (χ1) is 18.4. The molecule has 3 rings (SSSR count). The molecule has 0 unspecified atom stereocenters. The molecule has 0 aliphatic carbocycles. The maximum Gasteiger partial charge on any atom is 0.123 e. The van der Waals surface area contributed by atoms with Crippen LogP contribution in [0.1, 0.15) is 139 Å². The van der Waals surface area contributed by atoms with Crippen LogP contribution in [0.3, 0.4) is 0 Å². The standard InChI is InChI=1S/C38H54O3/c1-22-15-26(16-24-18-28(35(3,4)5)33(40)29(19-24)36(6,7)8)32(39)23(2)27(22)17-25-20-30(37(9,10)11)34(41)31(21-25)38(12,13)14/h15,18-21,39-41H,16-17H2,1-14H3. The van der Waals surface area contributed by atoms with Gasteiger partial charge in [-0.15, -0.1) is 0 Å². The van der Waals surface area contributed by atoms with Gasteiger partial charge in [0, 0.05) is 6.42 Å². The fourth-order valence-corrected chi connectivity index (χ4v) is 5.81. The summed E-state index contributed by atoms with van der Waals surface area (Å²) in [6, 6.07) is 10.6. The zero-order valence-corrected chi connectivity index (χ0v) is 28.1. The first kappa shape index (κ1) is 32.6. The van der Waals surface area contributed by atoms with Crippen molar-refractivity contribution in [2.75, 3.05) is 0 Å². The average Bonchev–Trinajstić information content (AvgIpc) is 2.79. The molecule has 0 aliphatic rings. The van der Waals surface area contributed by atoms with E-state index < -0.39 is 0 Å². The van der Waals surface area contributed by atoms with Gasteiger partial charge in [0.1, 0.15) is 17.2 Å². The largest absolute Gasteiger partial charge is 0.507 e. The summed E-state index contributed by atoms with van der Waals surface area (Å²) in [4.78, 5) is 0. The van der Waals surface area contributed by atoms with E-state index in [1.807, 2.05) is 6.92 Å². The zero-order valence-electron chi connectivity index (χ0n) is 28.1. The molecular weight excluding hydrogens is 504 g/mol. The molecule has 3 aromatic carbocycles. The Bertz CT molecular complexity index is 1380. The molecule has 0 saturated carbocycles. The number of hydrogen-bond donors (Lipinski definition) is 3. The molecule has 0 atom stereocenters. The molecule has 0 saturated heterocycles. The van der Waals surface area contributed by atoms with Gasteiger partial charge in [-0.1, -0.05) is 113 Å². The lowest BCUT2D eigenvalue weighted by Crippen LogP contribution is -2.18. The van der Waals surface area contributed by atoms with Gasteiger partial charge in [0.05, 0.1) is 0 Å². The predicted molar refractivity (Wildman–Crippen MR) is 174 cm³/mol. The minimum atomic E-state index is -0.209. The molecule has 3 aromatic rings. The predicted octanol–water partition coefficient (Wildman–Crippen LogP) is 9.79. The Morgan fingerprint density at radius 1 is 0.463 bits per heavy atom. The van der Waals surface area contributed by atoms with E-state index in [9.17, 15) is 15.3 Å². The summed E-state index contributed by atoms with van der Waals surface area (Å²) >= 11 is 0. The van der Waals surface area contributed by atoms with Crippen LogP contribution in [0.4, 0.5) is 0 Å². The number of phenolic OH excluding ortho intramolecular Hbond substituents is 3. The molecule has 3 N–H and O–H groups in total. The summed E-state index contributed by atoms with van der Waals surface area (Å²) in [7, 11) is 0. The van der Waals surface area contributed by atoms with Gasteiger partial charge in [0.15, 0.2) is 0 Å². The molecule has 41 heavy (non-hydrogen) atoms. The van der Waals surface area contributed by atoms with E-state index in [4.69, 9.17) is 0 Å². The number of rotatable bonds is 4. The minimum absolute atomic E-state index is 0.196. The van der Waals surface area contributed by atoms with Crippen LogP contribution in [0.5, 0.6) is 17.2 Å². The molecule has 0 radical (unpaired) electrons. The van der Waals surface area contributed by atoms with E-state index in [2.05, 4.69) is 120 Å². The highest BCUT2D eigenvalue weighted by Crippen LogP contribution is 2.43. The molecule has 0 fully saturated rings. The van der Waals surface area contributed by atoms with Crippen LogP contribution >= 0.6 is 0 Å². The maximum absolute atomic E-state index is 11.5. The number of aromatic hydroxyl groups is 3. The second-order valence-corrected chi connectivity index (χ2v) is 16.2. The Morgan fingerprint density at radius 2 is 0.780 bits per heavy atom. The molecule has 0 bridgehead atoms. The monoisotopic (exact) mass is 558 g/mol. The van der Waals surface area contributed by atoms with Crippen molar-refractivity contribution in [3.8, 4) is 17.2 Å². The van der Waals surface area contributed by atoms with Crippen molar-refractivity contribution in [1.82, 2.24) is 0 Å². The van der Waals surface area contributed by atoms with E-state index in [0.29, 0.717) is 30.1 Å². The van der Waals surface area contributed by atoms with E-state index >= 15 is 0 Å². The van der Waals surface area contributed by atoms with Crippen molar-refractivity contribution in [1.29, 1.82) is 0 Å². The first-order valence-corrected chi connectivity index (χ1v) is 15.0. The first-order valence-electron chi connectivity index (χ1n) is 15.0. The van der Waals surface area contributed by atoms with Gasteiger partial charge in [-0.2, -0.15) is 0 Å². The number of benzene rings is 3. The average molecular weight is 559 g/mol. The van der Waals surface area contributed by atoms with Crippen LogP contribution in [0.25, 0.3) is 0 Å². The fourth-order valence-electron chi connectivity index (χ4n) is 5.81. The summed E-state index contributed by atoms with van der Waals surface area (Å²) in [6.07, 6.45) is 1.27. The maximum atomic E-state index is 11.5. The van der Waals surface area contributed by atoms with Crippen LogP contribution in [0.15, 0.2) is 30.3 Å². The van der Waals surface area contributed by atoms with Gasteiger partial charge in [-0.05, 0) is 97.6 Å². The zero-order chi connectivity index (χ0) is 31.5. The molecule has 0 amide bonds. The molecule has 224 valence electrons. The van der Waals surface area contributed by atoms with Crippen molar-refractivity contribution < 1.29 is 15.3 Å². The van der Waals surface area contributed by atoms with Crippen molar-refractivity contribution in [2.24, 2.45) is 0 Å². The summed E-state index contributed by atoms with van der Waals surface area (Å²) in [5.74, 6) is 1.09. The van der Waals surface area contributed by atoms with Gasteiger partial charge in [0.25, 0.3) is 0 Å². The Kier molecular flexibility index (Phi) is 8.51. The van der Waals surface area contributed by atoms with E-state index in [1.54, 1.807) is 0 Å². The molecule has 0 aliphatic heterocycles. The summed E-state index contributed by atoms with van der Waals surface area (Å²) in [6.45, 7) is 29.7. The van der Waals surface area contributed by atoms with Gasteiger partial charge >= 0.3 is 0 Å². The lowest BCUT2D eigenvalue weighted by atomic mass is 9.77. The van der Waals surface area contributed by atoms with Crippen molar-refractivity contribution >= 4 is 0 Å². The molecule has 0 spiro atoms. The quantitative estimate of drug-likeness (QED) is 0.299. The topological polar surface area (TPSA) is 60.7 Å². The van der Waals surface area contributed by atoms with Gasteiger partial charge in [0.2, 0.25) is 0 Å². The molecule has 3 nitrogen and oxygen atoms in total.